The minimum atomic E-state index is -3.06. The molecule has 0 N–H and O–H groups in total. The quantitative estimate of drug-likeness (QED) is 0.682. The highest BCUT2D eigenvalue weighted by Crippen LogP contribution is 2.38. The molecule has 2 aromatic carbocycles. The van der Waals surface area contributed by atoms with Crippen LogP contribution in [0, 0.1) is 0 Å². The van der Waals surface area contributed by atoms with Gasteiger partial charge >= 0.3 is 0 Å². The average Bonchev–Trinajstić information content (AvgIpc) is 3.18. The lowest BCUT2D eigenvalue weighted by Gasteiger charge is -2.24. The third kappa shape index (κ3) is 4.87. The van der Waals surface area contributed by atoms with Gasteiger partial charge in [0, 0.05) is 11.8 Å². The van der Waals surface area contributed by atoms with Crippen LogP contribution in [0.25, 0.3) is 0 Å². The Morgan fingerprint density at radius 3 is 2.50 bits per heavy atom. The molecule has 2 saturated heterocycles. The van der Waals surface area contributed by atoms with Gasteiger partial charge in [0.05, 0.1) is 17.5 Å². The Kier molecular flexibility index (Phi) is 6.15. The molecule has 2 aliphatic heterocycles. The van der Waals surface area contributed by atoms with Crippen LogP contribution in [-0.2, 0) is 21.1 Å². The second-order valence-electron chi connectivity index (χ2n) is 7.54. The summed E-state index contributed by atoms with van der Waals surface area (Å²) in [7, 11) is -3.06. The molecule has 0 bridgehead atoms. The second-order valence-corrected chi connectivity index (χ2v) is 10.9. The number of aliphatic imine (C=N–C) groups is 1. The molecule has 0 aromatic heterocycles. The first-order valence-corrected chi connectivity index (χ1v) is 12.6. The van der Waals surface area contributed by atoms with E-state index in [9.17, 15) is 13.2 Å². The van der Waals surface area contributed by atoms with Gasteiger partial charge in [-0.2, -0.15) is 4.99 Å². The van der Waals surface area contributed by atoms with E-state index in [1.165, 1.54) is 17.3 Å². The van der Waals surface area contributed by atoms with E-state index < -0.39 is 15.9 Å². The molecule has 30 heavy (non-hydrogen) atoms. The van der Waals surface area contributed by atoms with Crippen molar-refractivity contribution in [2.45, 2.75) is 30.7 Å². The van der Waals surface area contributed by atoms with E-state index >= 15 is 0 Å². The number of rotatable bonds is 6. The molecule has 2 aliphatic rings. The number of ether oxygens (including phenoxy) is 1. The van der Waals surface area contributed by atoms with Crippen LogP contribution in [-0.4, -0.2) is 59.8 Å². The van der Waals surface area contributed by atoms with Gasteiger partial charge in [-0.1, -0.05) is 60.3 Å². The molecule has 6 nitrogen and oxygen atoms in total. The zero-order valence-electron chi connectivity index (χ0n) is 16.7. The molecule has 2 aromatic rings. The van der Waals surface area contributed by atoms with Crippen LogP contribution >= 0.6 is 11.8 Å². The summed E-state index contributed by atoms with van der Waals surface area (Å²) in [5, 5.41) is 0.520. The van der Waals surface area contributed by atoms with Crippen molar-refractivity contribution in [2.75, 3.05) is 18.1 Å². The first-order chi connectivity index (χ1) is 14.4. The average molecular weight is 445 g/mol. The number of hydrogen-bond acceptors (Lipinski definition) is 5. The van der Waals surface area contributed by atoms with Gasteiger partial charge in [0.15, 0.2) is 21.1 Å². The highest BCUT2D eigenvalue weighted by atomic mass is 32.2. The number of carbonyl (C=O) groups excluding carboxylic acids is 1. The topological polar surface area (TPSA) is 76.0 Å². The first kappa shape index (κ1) is 20.9. The zero-order valence-corrected chi connectivity index (χ0v) is 18.3. The van der Waals surface area contributed by atoms with Gasteiger partial charge in [-0.05, 0) is 31.0 Å². The van der Waals surface area contributed by atoms with Gasteiger partial charge in [0.2, 0.25) is 0 Å². The lowest BCUT2D eigenvalue weighted by atomic mass is 10.1. The highest BCUT2D eigenvalue weighted by molar-refractivity contribution is 8.15. The molecule has 0 radical (unpaired) electrons. The van der Waals surface area contributed by atoms with Gasteiger partial charge in [0.25, 0.3) is 5.91 Å². The normalized spacial score (nSPS) is 24.6. The van der Waals surface area contributed by atoms with E-state index in [0.717, 1.165) is 6.42 Å². The fraction of sp³-hybridized carbons (Fsp3) is 0.364. The number of nitrogens with zero attached hydrogens (tertiary/aromatic N) is 2. The summed E-state index contributed by atoms with van der Waals surface area (Å²) in [6, 6.07) is 19.0. The van der Waals surface area contributed by atoms with Gasteiger partial charge in [-0.3, -0.25) is 4.79 Å². The molecule has 0 saturated carbocycles. The van der Waals surface area contributed by atoms with Crippen molar-refractivity contribution < 1.29 is 17.9 Å². The maximum atomic E-state index is 12.7. The minimum absolute atomic E-state index is 0.0809. The molecule has 0 aliphatic carbocycles. The van der Waals surface area contributed by atoms with Gasteiger partial charge in [-0.15, -0.1) is 0 Å². The van der Waals surface area contributed by atoms with Crippen molar-refractivity contribution in [1.82, 2.24) is 4.90 Å². The predicted molar refractivity (Wildman–Crippen MR) is 120 cm³/mol. The van der Waals surface area contributed by atoms with Crippen molar-refractivity contribution in [3.8, 4) is 5.75 Å². The first-order valence-electron chi connectivity index (χ1n) is 9.93. The SMILES string of the molecule is C[C@@H](Oc1ccccc1)C(=O)N=C1S[C@@H]2CS(=O)(=O)C[C@@H]2N1CCc1ccccc1. The standard InChI is InChI=1S/C22H24N2O4S2/c1-16(28-18-10-6-3-7-11-18)21(25)23-22-24(13-12-17-8-4-2-5-9-17)19-14-30(26,27)15-20(19)29-22/h2-11,16,19-20H,12-15H2,1H3/t16-,19+,20-/m1/s1. The van der Waals surface area contributed by atoms with E-state index in [1.807, 2.05) is 53.4 Å². The largest absolute Gasteiger partial charge is 0.481 e. The number of sulfone groups is 1. The monoisotopic (exact) mass is 444 g/mol. The van der Waals surface area contributed by atoms with Crippen LogP contribution in [0.3, 0.4) is 0 Å². The Morgan fingerprint density at radius 2 is 1.80 bits per heavy atom. The number of amides is 1. The van der Waals surface area contributed by atoms with E-state index in [-0.39, 0.29) is 28.7 Å². The molecule has 3 atom stereocenters. The maximum Gasteiger partial charge on any atom is 0.288 e. The highest BCUT2D eigenvalue weighted by Gasteiger charge is 2.48. The Hall–Kier alpha value is -2.32. The van der Waals surface area contributed by atoms with Gasteiger partial charge in [0.1, 0.15) is 5.75 Å². The second kappa shape index (κ2) is 8.81. The smallest absolute Gasteiger partial charge is 0.288 e. The lowest BCUT2D eigenvalue weighted by molar-refractivity contribution is -0.123. The Morgan fingerprint density at radius 1 is 1.13 bits per heavy atom. The number of amidine groups is 1. The van der Waals surface area contributed by atoms with Gasteiger partial charge < -0.3 is 9.64 Å². The summed E-state index contributed by atoms with van der Waals surface area (Å²) >= 11 is 1.40. The fourth-order valence-corrected chi connectivity index (χ4v) is 7.71. The molecular weight excluding hydrogens is 420 g/mol. The Bertz CT molecular complexity index is 1030. The van der Waals surface area contributed by atoms with Crippen molar-refractivity contribution in [2.24, 2.45) is 4.99 Å². The number of carbonyl (C=O) groups is 1. The Labute approximate surface area is 181 Å². The van der Waals surface area contributed by atoms with Crippen LogP contribution in [0.2, 0.25) is 0 Å². The number of benzene rings is 2. The molecule has 8 heteroatoms. The molecule has 0 unspecified atom stereocenters. The third-order valence-corrected chi connectivity index (χ3v) is 8.52. The number of fused-ring (bicyclic) bond motifs is 1. The van der Waals surface area contributed by atoms with E-state index in [2.05, 4.69) is 4.99 Å². The van der Waals surface area contributed by atoms with Crippen molar-refractivity contribution in [3.63, 3.8) is 0 Å². The summed E-state index contributed by atoms with van der Waals surface area (Å²) in [4.78, 5) is 19.0. The van der Waals surface area contributed by atoms with E-state index in [1.54, 1.807) is 19.1 Å². The third-order valence-electron chi connectivity index (χ3n) is 5.27. The predicted octanol–water partition coefficient (Wildman–Crippen LogP) is 2.79. The Balaban J connectivity index is 1.50. The van der Waals surface area contributed by atoms with Gasteiger partial charge in [-0.25, -0.2) is 8.42 Å². The zero-order chi connectivity index (χ0) is 21.1. The van der Waals surface area contributed by atoms with Crippen molar-refractivity contribution in [1.29, 1.82) is 0 Å². The maximum absolute atomic E-state index is 12.7. The van der Waals surface area contributed by atoms with Crippen molar-refractivity contribution in [3.05, 3.63) is 66.2 Å². The molecule has 2 fully saturated rings. The summed E-state index contributed by atoms with van der Waals surface area (Å²) in [5.41, 5.74) is 1.17. The number of hydrogen-bond donors (Lipinski definition) is 0. The van der Waals surface area contributed by atoms with Crippen LogP contribution in [0.15, 0.2) is 65.7 Å². The molecule has 1 amide bonds. The molecule has 158 valence electrons. The molecule has 4 rings (SSSR count). The lowest BCUT2D eigenvalue weighted by Crippen LogP contribution is -2.39. The fourth-order valence-electron chi connectivity index (χ4n) is 3.73. The van der Waals surface area contributed by atoms with Crippen LogP contribution in [0.1, 0.15) is 12.5 Å². The number of thioether (sulfide) groups is 1. The number of para-hydroxylation sites is 1. The summed E-state index contributed by atoms with van der Waals surface area (Å²) < 4.78 is 30.0. The molecule has 0 spiro atoms. The van der Waals surface area contributed by atoms with Crippen molar-refractivity contribution >= 4 is 32.7 Å². The van der Waals surface area contributed by atoms with Crippen LogP contribution in [0.4, 0.5) is 0 Å². The molecular formula is C22H24N2O4S2. The van der Waals surface area contributed by atoms with Crippen LogP contribution in [0.5, 0.6) is 5.75 Å². The van der Waals surface area contributed by atoms with E-state index in [0.29, 0.717) is 17.5 Å². The molecule has 2 heterocycles. The van der Waals surface area contributed by atoms with E-state index in [4.69, 9.17) is 4.74 Å². The summed E-state index contributed by atoms with van der Waals surface area (Å²) in [6.07, 6.45) is 0.0363. The summed E-state index contributed by atoms with van der Waals surface area (Å²) in [5.74, 6) is 0.492. The minimum Gasteiger partial charge on any atom is -0.481 e. The van der Waals surface area contributed by atoms with Crippen LogP contribution < -0.4 is 4.74 Å². The summed E-state index contributed by atoms with van der Waals surface area (Å²) in [6.45, 7) is 2.30.